The summed E-state index contributed by atoms with van der Waals surface area (Å²) < 4.78 is 11.2. The fourth-order valence-electron chi connectivity index (χ4n) is 3.98. The Kier molecular flexibility index (Phi) is 3.43. The third kappa shape index (κ3) is 2.75. The Hall–Kier alpha value is -2.50. The fourth-order valence-corrected chi connectivity index (χ4v) is 3.98. The highest BCUT2D eigenvalue weighted by atomic mass is 16.6. The largest absolute Gasteiger partial charge is 0.486 e. The van der Waals surface area contributed by atoms with Gasteiger partial charge in [-0.25, -0.2) is 0 Å². The van der Waals surface area contributed by atoms with E-state index in [-0.39, 0.29) is 17.9 Å². The Bertz CT molecular complexity index is 816. The topological polar surface area (TPSA) is 76.2 Å². The van der Waals surface area contributed by atoms with Gasteiger partial charge < -0.3 is 14.8 Å². The second kappa shape index (κ2) is 5.79. The van der Waals surface area contributed by atoms with E-state index in [1.807, 2.05) is 18.3 Å². The van der Waals surface area contributed by atoms with Gasteiger partial charge in [-0.3, -0.25) is 9.89 Å². The summed E-state index contributed by atoms with van der Waals surface area (Å²) in [4.78, 5) is 12.6. The lowest BCUT2D eigenvalue weighted by Crippen LogP contribution is -2.39. The number of nitrogens with zero attached hydrogens (tertiary/aromatic N) is 1. The van der Waals surface area contributed by atoms with Gasteiger partial charge in [0.25, 0.3) is 0 Å². The molecule has 1 saturated carbocycles. The molecule has 5 rings (SSSR count). The van der Waals surface area contributed by atoms with Gasteiger partial charge in [-0.05, 0) is 48.4 Å². The lowest BCUT2D eigenvalue weighted by Gasteiger charge is -2.23. The van der Waals surface area contributed by atoms with Gasteiger partial charge in [0.05, 0.1) is 6.20 Å². The molecule has 2 heterocycles. The molecule has 3 unspecified atom stereocenters. The molecule has 0 spiro atoms. The molecule has 3 atom stereocenters. The Morgan fingerprint density at radius 1 is 1.24 bits per heavy atom. The average Bonchev–Trinajstić information content (AvgIpc) is 3.32. The van der Waals surface area contributed by atoms with Crippen LogP contribution in [-0.4, -0.2) is 35.4 Å². The van der Waals surface area contributed by atoms with Crippen LogP contribution in [0, 0.1) is 5.92 Å². The molecule has 1 aliphatic heterocycles. The molecule has 25 heavy (non-hydrogen) atoms. The van der Waals surface area contributed by atoms with E-state index in [1.165, 1.54) is 11.1 Å². The lowest BCUT2D eigenvalue weighted by atomic mass is 9.93. The van der Waals surface area contributed by atoms with Gasteiger partial charge in [-0.15, -0.1) is 0 Å². The maximum atomic E-state index is 12.6. The van der Waals surface area contributed by atoms with Crippen LogP contribution in [0.2, 0.25) is 0 Å². The fraction of sp³-hybridized carbons (Fsp3) is 0.474. The van der Waals surface area contributed by atoms with Crippen LogP contribution in [0.15, 0.2) is 24.4 Å². The summed E-state index contributed by atoms with van der Waals surface area (Å²) in [6.45, 7) is 1.18. The van der Waals surface area contributed by atoms with Crippen LogP contribution in [0.3, 0.4) is 0 Å². The number of benzene rings is 1. The molecule has 1 aromatic heterocycles. The van der Waals surface area contributed by atoms with E-state index in [4.69, 9.17) is 9.47 Å². The smallest absolute Gasteiger partial charge is 0.223 e. The molecule has 2 N–H and O–H groups in total. The van der Waals surface area contributed by atoms with Crippen molar-refractivity contribution in [2.24, 2.45) is 5.92 Å². The van der Waals surface area contributed by atoms with Crippen LogP contribution >= 0.6 is 0 Å². The van der Waals surface area contributed by atoms with Crippen molar-refractivity contribution in [3.63, 3.8) is 0 Å². The van der Waals surface area contributed by atoms with E-state index in [2.05, 4.69) is 21.6 Å². The molecule has 6 heteroatoms. The van der Waals surface area contributed by atoms with E-state index in [9.17, 15) is 4.79 Å². The van der Waals surface area contributed by atoms with Gasteiger partial charge >= 0.3 is 0 Å². The predicted octanol–water partition coefficient (Wildman–Crippen LogP) is 1.96. The number of aromatic nitrogens is 2. The highest BCUT2D eigenvalue weighted by Gasteiger charge is 2.44. The minimum absolute atomic E-state index is 0.0747. The number of fused-ring (bicyclic) bond motifs is 2. The number of H-pyrrole nitrogens is 1. The summed E-state index contributed by atoms with van der Waals surface area (Å²) in [5.74, 6) is 2.14. The van der Waals surface area contributed by atoms with Crippen LogP contribution in [0.4, 0.5) is 0 Å². The molecule has 2 aliphatic carbocycles. The summed E-state index contributed by atoms with van der Waals surface area (Å²) in [7, 11) is 0. The first kappa shape index (κ1) is 14.8. The number of ether oxygens (including phenoxy) is 2. The van der Waals surface area contributed by atoms with E-state index < -0.39 is 0 Å². The molecule has 0 saturated heterocycles. The third-order valence-corrected chi connectivity index (χ3v) is 5.49. The van der Waals surface area contributed by atoms with Crippen molar-refractivity contribution < 1.29 is 14.3 Å². The summed E-state index contributed by atoms with van der Waals surface area (Å²) in [5.41, 5.74) is 3.62. The van der Waals surface area contributed by atoms with Gasteiger partial charge in [0.15, 0.2) is 11.5 Å². The van der Waals surface area contributed by atoms with Crippen molar-refractivity contribution in [1.82, 2.24) is 15.5 Å². The number of carbonyl (C=O) groups is 1. The Labute approximate surface area is 145 Å². The number of hydrogen-bond donors (Lipinski definition) is 2. The van der Waals surface area contributed by atoms with Gasteiger partial charge in [-0.2, -0.15) is 5.10 Å². The van der Waals surface area contributed by atoms with Crippen LogP contribution in [0.25, 0.3) is 0 Å². The second-order valence-corrected chi connectivity index (χ2v) is 7.17. The maximum Gasteiger partial charge on any atom is 0.223 e. The summed E-state index contributed by atoms with van der Waals surface area (Å²) in [6.07, 6.45) is 5.62. The number of amides is 1. The van der Waals surface area contributed by atoms with Crippen LogP contribution in [0.5, 0.6) is 11.5 Å². The molecule has 1 fully saturated rings. The number of rotatable bonds is 3. The van der Waals surface area contributed by atoms with Crippen molar-refractivity contribution in [1.29, 1.82) is 0 Å². The summed E-state index contributed by atoms with van der Waals surface area (Å²) >= 11 is 0. The molecular formula is C19H21N3O3. The van der Waals surface area contributed by atoms with Crippen LogP contribution in [0.1, 0.15) is 35.6 Å². The van der Waals surface area contributed by atoms with Crippen LogP contribution < -0.4 is 14.8 Å². The van der Waals surface area contributed by atoms with E-state index >= 15 is 0 Å². The van der Waals surface area contributed by atoms with E-state index in [1.54, 1.807) is 0 Å². The number of nitrogens with one attached hydrogen (secondary N) is 2. The zero-order valence-electron chi connectivity index (χ0n) is 14.0. The first-order valence-electron chi connectivity index (χ1n) is 8.99. The Morgan fingerprint density at radius 3 is 3.04 bits per heavy atom. The summed E-state index contributed by atoms with van der Waals surface area (Å²) in [6, 6.07) is 6.26. The third-order valence-electron chi connectivity index (χ3n) is 5.49. The zero-order valence-corrected chi connectivity index (χ0v) is 14.0. The minimum atomic E-state index is 0.0747. The number of hydrogen-bond acceptors (Lipinski definition) is 4. The number of carbonyl (C=O) groups excluding carboxylic acids is 1. The Balaban J connectivity index is 1.22. The first-order chi connectivity index (χ1) is 12.3. The maximum absolute atomic E-state index is 12.6. The van der Waals surface area contributed by atoms with Gasteiger partial charge in [0.2, 0.25) is 5.91 Å². The second-order valence-electron chi connectivity index (χ2n) is 7.17. The summed E-state index contributed by atoms with van der Waals surface area (Å²) in [5, 5.41) is 10.4. The molecule has 3 aliphatic rings. The van der Waals surface area contributed by atoms with Gasteiger partial charge in [-0.1, -0.05) is 6.07 Å². The van der Waals surface area contributed by atoms with Gasteiger partial charge in [0.1, 0.15) is 13.2 Å². The van der Waals surface area contributed by atoms with Crippen molar-refractivity contribution in [2.75, 3.05) is 13.2 Å². The molecule has 1 aromatic carbocycles. The van der Waals surface area contributed by atoms with E-state index in [0.717, 1.165) is 42.9 Å². The van der Waals surface area contributed by atoms with Crippen molar-refractivity contribution in [2.45, 2.75) is 37.6 Å². The Morgan fingerprint density at radius 2 is 2.12 bits per heavy atom. The lowest BCUT2D eigenvalue weighted by molar-refractivity contribution is -0.123. The quantitative estimate of drug-likeness (QED) is 0.896. The van der Waals surface area contributed by atoms with E-state index in [0.29, 0.717) is 19.1 Å². The highest BCUT2D eigenvalue weighted by Crippen LogP contribution is 2.49. The molecule has 0 bridgehead atoms. The number of aromatic amines is 1. The molecule has 0 radical (unpaired) electrons. The molecule has 6 nitrogen and oxygen atoms in total. The standard InChI is InChI=1S/C19H21N3O3/c23-19(21-13-3-1-12-10-20-22-16(12)8-13)15-9-14(15)11-2-4-17-18(7-11)25-6-5-24-17/h2,4,7,10,13-15H,1,3,5-6,8-9H2,(H,20,22)(H,21,23). The van der Waals surface area contributed by atoms with Crippen molar-refractivity contribution in [3.05, 3.63) is 41.2 Å². The number of aryl methyl sites for hydroxylation is 1. The predicted molar refractivity (Wildman–Crippen MR) is 90.8 cm³/mol. The monoisotopic (exact) mass is 339 g/mol. The van der Waals surface area contributed by atoms with Crippen molar-refractivity contribution in [3.8, 4) is 11.5 Å². The normalized spacial score (nSPS) is 26.6. The molecule has 2 aromatic rings. The van der Waals surface area contributed by atoms with Gasteiger partial charge in [0, 0.05) is 24.1 Å². The van der Waals surface area contributed by atoms with Crippen molar-refractivity contribution >= 4 is 5.91 Å². The SMILES string of the molecule is O=C(NC1CCc2cn[nH]c2C1)C1CC1c1ccc2c(c1)OCCO2. The molecule has 130 valence electrons. The highest BCUT2D eigenvalue weighted by molar-refractivity contribution is 5.83. The minimum Gasteiger partial charge on any atom is -0.486 e. The zero-order chi connectivity index (χ0) is 16.8. The molecular weight excluding hydrogens is 318 g/mol. The molecule has 1 amide bonds. The first-order valence-corrected chi connectivity index (χ1v) is 8.99. The van der Waals surface area contributed by atoms with Crippen LogP contribution in [-0.2, 0) is 17.6 Å². The average molecular weight is 339 g/mol.